The smallest absolute Gasteiger partial charge is 0.294 e. The Bertz CT molecular complexity index is 1290. The zero-order valence-electron chi connectivity index (χ0n) is 14.9. The first kappa shape index (κ1) is 21.1. The highest BCUT2D eigenvalue weighted by molar-refractivity contribution is 7.92. The first-order chi connectivity index (χ1) is 13.8. The summed E-state index contributed by atoms with van der Waals surface area (Å²) in [5, 5.41) is 13.3. The summed E-state index contributed by atoms with van der Waals surface area (Å²) in [6.07, 6.45) is 2.93. The van der Waals surface area contributed by atoms with Crippen LogP contribution in [0.4, 0.5) is 5.95 Å². The Balaban J connectivity index is 1.95. The van der Waals surface area contributed by atoms with Crippen LogP contribution in [0.3, 0.4) is 0 Å². The zero-order valence-corrected chi connectivity index (χ0v) is 18.1. The maximum atomic E-state index is 12.5. The normalized spacial score (nSPS) is 12.6. The predicted octanol–water partition coefficient (Wildman–Crippen LogP) is 1.97. The fraction of sp³-hybridized carbons (Fsp3) is 0.133. The van der Waals surface area contributed by atoms with Crippen molar-refractivity contribution in [3.05, 3.63) is 61.0 Å². The second-order valence-corrected chi connectivity index (χ2v) is 9.54. The molecule has 0 saturated heterocycles. The van der Waals surface area contributed by atoms with Crippen molar-refractivity contribution in [3.8, 4) is 0 Å². The van der Waals surface area contributed by atoms with Gasteiger partial charge in [0.05, 0.1) is 11.1 Å². The van der Waals surface area contributed by atoms with Gasteiger partial charge in [0.25, 0.3) is 15.6 Å². The maximum absolute atomic E-state index is 12.5. The summed E-state index contributed by atoms with van der Waals surface area (Å²) in [6, 6.07) is 3.11. The molecule has 3 aromatic rings. The van der Waals surface area contributed by atoms with Gasteiger partial charge in [0.2, 0.25) is 10.7 Å². The van der Waals surface area contributed by atoms with E-state index < -0.39 is 15.6 Å². The number of anilines is 1. The van der Waals surface area contributed by atoms with Crippen LogP contribution in [-0.4, -0.2) is 34.4 Å². The second-order valence-electron chi connectivity index (χ2n) is 5.40. The number of thiophene rings is 1. The maximum Gasteiger partial charge on any atom is 0.294 e. The molecule has 0 amide bonds. The molecule has 0 radical (unpaired) electrons. The van der Waals surface area contributed by atoms with Gasteiger partial charge in [-0.3, -0.25) is 9.78 Å². The molecule has 2 N–H and O–H groups in total. The average molecular weight is 472 g/mol. The molecule has 0 aliphatic heterocycles. The third-order valence-corrected chi connectivity index (χ3v) is 7.63. The van der Waals surface area contributed by atoms with Crippen LogP contribution >= 0.6 is 34.3 Å². The number of sulfonamides is 1. The van der Waals surface area contributed by atoms with Crippen molar-refractivity contribution < 1.29 is 8.42 Å². The van der Waals surface area contributed by atoms with E-state index in [4.69, 9.17) is 11.6 Å². The van der Waals surface area contributed by atoms with Crippen LogP contribution in [0.25, 0.3) is 0 Å². The summed E-state index contributed by atoms with van der Waals surface area (Å²) in [6.45, 7) is 5.43. The molecule has 29 heavy (non-hydrogen) atoms. The van der Waals surface area contributed by atoms with E-state index in [0.29, 0.717) is 4.88 Å². The number of aryl methyl sites for hydroxylation is 1. The molecule has 3 heterocycles. The van der Waals surface area contributed by atoms with Gasteiger partial charge in [-0.2, -0.15) is 13.5 Å². The van der Waals surface area contributed by atoms with E-state index in [1.807, 2.05) is 0 Å². The summed E-state index contributed by atoms with van der Waals surface area (Å²) in [4.78, 5) is 14.6. The highest BCUT2D eigenvalue weighted by atomic mass is 35.5. The largest absolute Gasteiger partial charge is 0.302 e. The molecule has 0 unspecified atom stereocenters. The molecule has 3 rings (SSSR count). The van der Waals surface area contributed by atoms with E-state index >= 15 is 0 Å². The van der Waals surface area contributed by atoms with E-state index in [-0.39, 0.29) is 32.4 Å². The van der Waals surface area contributed by atoms with Gasteiger partial charge in [-0.15, -0.1) is 32.5 Å². The van der Waals surface area contributed by atoms with Crippen LogP contribution < -0.4 is 15.8 Å². The van der Waals surface area contributed by atoms with Gasteiger partial charge in [0.1, 0.15) is 15.1 Å². The van der Waals surface area contributed by atoms with Crippen molar-refractivity contribution in [3.63, 3.8) is 0 Å². The lowest BCUT2D eigenvalue weighted by atomic mass is 10.5. The van der Waals surface area contributed by atoms with Crippen LogP contribution in [0.15, 0.2) is 48.7 Å². The monoisotopic (exact) mass is 471 g/mol. The number of hydrogen-bond donors (Lipinski definition) is 2. The Labute approximate surface area is 178 Å². The zero-order chi connectivity index (χ0) is 21.0. The molecule has 0 aromatic carbocycles. The van der Waals surface area contributed by atoms with E-state index in [1.165, 1.54) is 23.8 Å². The number of aromatic amines is 1. The quantitative estimate of drug-likeness (QED) is 0.307. The standard InChI is InChI=1S/C15H14ClN7O3S3/c1-3-6-23-12(16)10(8-17-20-14-18-13(24)9(2)19-21-14)28-15(23)22-29(25,26)11-5-4-7-27-11/h3-5,7-8H,1,6H2,2H3,(H2,18,20,21,24)/b17-8+,22-15+. The molecule has 0 saturated carbocycles. The summed E-state index contributed by atoms with van der Waals surface area (Å²) >= 11 is 8.47. The van der Waals surface area contributed by atoms with Crippen LogP contribution in [0, 0.1) is 6.92 Å². The van der Waals surface area contributed by atoms with Crippen LogP contribution in [0.5, 0.6) is 0 Å². The molecule has 0 aliphatic rings. The summed E-state index contributed by atoms with van der Waals surface area (Å²) in [5.74, 6) is 0.0497. The van der Waals surface area contributed by atoms with E-state index in [2.05, 4.69) is 36.7 Å². The van der Waals surface area contributed by atoms with Gasteiger partial charge < -0.3 is 4.57 Å². The molecule has 3 aromatic heterocycles. The van der Waals surface area contributed by atoms with Gasteiger partial charge >= 0.3 is 0 Å². The Morgan fingerprint density at radius 2 is 2.24 bits per heavy atom. The molecule has 14 heteroatoms. The Kier molecular flexibility index (Phi) is 6.42. The Hall–Kier alpha value is -2.61. The highest BCUT2D eigenvalue weighted by Gasteiger charge is 2.16. The number of nitrogens with zero attached hydrogens (tertiary/aromatic N) is 5. The van der Waals surface area contributed by atoms with Gasteiger partial charge in [-0.1, -0.05) is 35.1 Å². The third kappa shape index (κ3) is 4.87. The van der Waals surface area contributed by atoms with E-state index in [0.717, 1.165) is 22.7 Å². The van der Waals surface area contributed by atoms with E-state index in [1.54, 1.807) is 17.5 Å². The highest BCUT2D eigenvalue weighted by Crippen LogP contribution is 2.20. The summed E-state index contributed by atoms with van der Waals surface area (Å²) in [7, 11) is -3.86. The van der Waals surface area contributed by atoms with Crippen molar-refractivity contribution in [1.29, 1.82) is 0 Å². The average Bonchev–Trinajstić information content (AvgIpc) is 3.30. The molecule has 10 nitrogen and oxygen atoms in total. The van der Waals surface area contributed by atoms with Crippen molar-refractivity contribution in [1.82, 2.24) is 19.7 Å². The minimum atomic E-state index is -3.86. The number of aromatic nitrogens is 4. The lowest BCUT2D eigenvalue weighted by molar-refractivity contribution is 0.597. The Morgan fingerprint density at radius 3 is 2.90 bits per heavy atom. The molecule has 0 fully saturated rings. The Morgan fingerprint density at radius 1 is 1.45 bits per heavy atom. The third-order valence-electron chi connectivity index (χ3n) is 3.34. The van der Waals surface area contributed by atoms with Crippen molar-refractivity contribution in [2.75, 3.05) is 5.43 Å². The number of halogens is 1. The minimum absolute atomic E-state index is 0.0497. The number of hydrogen-bond acceptors (Lipinski definition) is 9. The predicted molar refractivity (Wildman–Crippen MR) is 113 cm³/mol. The summed E-state index contributed by atoms with van der Waals surface area (Å²) in [5.41, 5.74) is 2.36. The molecule has 0 aliphatic carbocycles. The molecule has 152 valence electrons. The van der Waals surface area contributed by atoms with Crippen molar-refractivity contribution in [2.24, 2.45) is 9.50 Å². The van der Waals surface area contributed by atoms with Crippen molar-refractivity contribution in [2.45, 2.75) is 17.7 Å². The van der Waals surface area contributed by atoms with Gasteiger partial charge in [0.15, 0.2) is 0 Å². The first-order valence-corrected chi connectivity index (χ1v) is 11.4. The number of H-pyrrole nitrogens is 1. The number of allylic oxidation sites excluding steroid dienone is 1. The minimum Gasteiger partial charge on any atom is -0.302 e. The topological polar surface area (TPSA) is 134 Å². The van der Waals surface area contributed by atoms with Crippen molar-refractivity contribution >= 4 is 56.5 Å². The molecular formula is C15H14ClN7O3S3. The lowest BCUT2D eigenvalue weighted by Crippen LogP contribution is -2.16. The number of nitrogens with one attached hydrogen (secondary N) is 2. The van der Waals surface area contributed by atoms with Gasteiger partial charge in [-0.25, -0.2) is 5.43 Å². The SMILES string of the molecule is C=CCn1c(Cl)c(/C=N/Nc2nnc(C)c(=O)[nH]2)s/c1=N/S(=O)(=O)c1cccs1. The number of thiazole rings is 1. The number of hydrazone groups is 1. The van der Waals surface area contributed by atoms with Gasteiger partial charge in [-0.05, 0) is 18.4 Å². The first-order valence-electron chi connectivity index (χ1n) is 7.89. The molecular weight excluding hydrogens is 458 g/mol. The lowest BCUT2D eigenvalue weighted by Gasteiger charge is -2.00. The van der Waals surface area contributed by atoms with Gasteiger partial charge in [0, 0.05) is 6.54 Å². The van der Waals surface area contributed by atoms with Crippen LogP contribution in [0.1, 0.15) is 10.6 Å². The molecule has 0 spiro atoms. The second kappa shape index (κ2) is 8.82. The molecule has 0 atom stereocenters. The fourth-order valence-corrected chi connectivity index (χ4v) is 5.44. The summed E-state index contributed by atoms with van der Waals surface area (Å²) < 4.78 is 30.5. The van der Waals surface area contributed by atoms with Crippen LogP contribution in [-0.2, 0) is 16.6 Å². The molecule has 0 bridgehead atoms. The fourth-order valence-electron chi connectivity index (χ4n) is 2.00. The number of rotatable bonds is 7. The van der Waals surface area contributed by atoms with Crippen LogP contribution in [0.2, 0.25) is 5.15 Å². The van der Waals surface area contributed by atoms with E-state index in [9.17, 15) is 13.2 Å².